The maximum Gasteiger partial charge on any atom is 0.187 e. The number of methoxy groups -OCH3 is 2. The predicted octanol–water partition coefficient (Wildman–Crippen LogP) is 5.18. The van der Waals surface area contributed by atoms with E-state index in [9.17, 15) is 4.79 Å². The highest BCUT2D eigenvalue weighted by Crippen LogP contribution is 2.28. The minimum atomic E-state index is -0.0797. The van der Waals surface area contributed by atoms with E-state index in [1.54, 1.807) is 26.5 Å². The van der Waals surface area contributed by atoms with Gasteiger partial charge in [-0.2, -0.15) is 0 Å². The van der Waals surface area contributed by atoms with Crippen LogP contribution in [0.15, 0.2) is 85.1 Å². The van der Waals surface area contributed by atoms with Crippen molar-refractivity contribution in [1.29, 1.82) is 0 Å². The average Bonchev–Trinajstić information content (AvgIpc) is 2.74. The van der Waals surface area contributed by atoms with Crippen LogP contribution in [0.3, 0.4) is 0 Å². The maximum atomic E-state index is 12.4. The van der Waals surface area contributed by atoms with Crippen LogP contribution in [0.4, 0.5) is 5.69 Å². The van der Waals surface area contributed by atoms with Crippen molar-refractivity contribution in [3.63, 3.8) is 0 Å². The lowest BCUT2D eigenvalue weighted by Crippen LogP contribution is -1.98. The molecule has 0 aliphatic carbocycles. The lowest BCUT2D eigenvalue weighted by Gasteiger charge is -2.09. The molecule has 0 aromatic heterocycles. The summed E-state index contributed by atoms with van der Waals surface area (Å²) >= 11 is 0. The molecule has 0 heterocycles. The summed E-state index contributed by atoms with van der Waals surface area (Å²) in [4.78, 5) is 12.4. The van der Waals surface area contributed by atoms with Gasteiger partial charge in [0.25, 0.3) is 0 Å². The van der Waals surface area contributed by atoms with E-state index >= 15 is 0 Å². The predicted molar refractivity (Wildman–Crippen MR) is 109 cm³/mol. The third kappa shape index (κ3) is 4.55. The first-order valence-electron chi connectivity index (χ1n) is 8.56. The summed E-state index contributed by atoms with van der Waals surface area (Å²) in [6, 6.07) is 23.1. The number of ether oxygens (including phenoxy) is 2. The van der Waals surface area contributed by atoms with Crippen LogP contribution in [0.5, 0.6) is 11.5 Å². The van der Waals surface area contributed by atoms with Crippen molar-refractivity contribution >= 4 is 11.5 Å². The van der Waals surface area contributed by atoms with Crippen LogP contribution >= 0.6 is 0 Å². The van der Waals surface area contributed by atoms with Crippen molar-refractivity contribution in [3.8, 4) is 22.6 Å². The van der Waals surface area contributed by atoms with Gasteiger partial charge in [-0.1, -0.05) is 54.6 Å². The Morgan fingerprint density at radius 2 is 1.56 bits per heavy atom. The number of ketones is 1. The van der Waals surface area contributed by atoms with Gasteiger partial charge in [0, 0.05) is 23.9 Å². The lowest BCUT2D eigenvalue weighted by molar-refractivity contribution is 0.104. The minimum absolute atomic E-state index is 0.0797. The van der Waals surface area contributed by atoms with Crippen molar-refractivity contribution < 1.29 is 14.3 Å². The summed E-state index contributed by atoms with van der Waals surface area (Å²) < 4.78 is 10.5. The number of anilines is 1. The Labute approximate surface area is 159 Å². The Balaban J connectivity index is 1.68. The van der Waals surface area contributed by atoms with E-state index in [-0.39, 0.29) is 5.78 Å². The molecule has 0 aliphatic rings. The zero-order valence-electron chi connectivity index (χ0n) is 15.3. The first-order valence-corrected chi connectivity index (χ1v) is 8.56. The highest BCUT2D eigenvalue weighted by Gasteiger charge is 2.05. The van der Waals surface area contributed by atoms with E-state index < -0.39 is 0 Å². The molecule has 0 saturated heterocycles. The summed E-state index contributed by atoms with van der Waals surface area (Å²) in [6.07, 6.45) is 3.10. The molecule has 136 valence electrons. The number of rotatable bonds is 7. The second kappa shape index (κ2) is 8.72. The fourth-order valence-electron chi connectivity index (χ4n) is 2.69. The molecule has 0 bridgehead atoms. The summed E-state index contributed by atoms with van der Waals surface area (Å²) in [5.41, 5.74) is 3.56. The molecule has 3 rings (SSSR count). The van der Waals surface area contributed by atoms with E-state index in [2.05, 4.69) is 5.32 Å². The summed E-state index contributed by atoms with van der Waals surface area (Å²) in [5, 5.41) is 3.07. The number of hydrogen-bond acceptors (Lipinski definition) is 4. The quantitative estimate of drug-likeness (QED) is 0.466. The van der Waals surface area contributed by atoms with Gasteiger partial charge >= 0.3 is 0 Å². The Kier molecular flexibility index (Phi) is 5.90. The number of allylic oxidation sites excluding steroid dienone is 1. The standard InChI is InChI=1S/C23H21NO3/c1-26-20-12-13-23(27-2)21(16-20)24-15-14-22(25)19-10-8-18(9-11-19)17-6-4-3-5-7-17/h3-16,24H,1-2H3/b15-14-. The molecule has 0 radical (unpaired) electrons. The number of carbonyl (C=O) groups excluding carboxylic acids is 1. The SMILES string of the molecule is COc1ccc(OC)c(N/C=C\C(=O)c2ccc(-c3ccccc3)cc2)c1. The first kappa shape index (κ1) is 18.3. The number of nitrogens with one attached hydrogen (secondary N) is 1. The highest BCUT2D eigenvalue weighted by molar-refractivity contribution is 6.04. The molecule has 0 aliphatic heterocycles. The molecule has 0 amide bonds. The molecule has 27 heavy (non-hydrogen) atoms. The van der Waals surface area contributed by atoms with Crippen molar-refractivity contribution in [3.05, 3.63) is 90.6 Å². The van der Waals surface area contributed by atoms with E-state index in [1.807, 2.05) is 66.7 Å². The van der Waals surface area contributed by atoms with Crippen LogP contribution in [0, 0.1) is 0 Å². The summed E-state index contributed by atoms with van der Waals surface area (Å²) in [7, 11) is 3.19. The molecule has 4 nitrogen and oxygen atoms in total. The normalized spacial score (nSPS) is 10.6. The van der Waals surface area contributed by atoms with Gasteiger partial charge in [0.05, 0.1) is 19.9 Å². The Morgan fingerprint density at radius 1 is 0.852 bits per heavy atom. The topological polar surface area (TPSA) is 47.6 Å². The molecule has 0 fully saturated rings. The molecule has 0 spiro atoms. The van der Waals surface area contributed by atoms with Gasteiger partial charge in [-0.25, -0.2) is 0 Å². The monoisotopic (exact) mass is 359 g/mol. The molecule has 3 aromatic rings. The minimum Gasteiger partial charge on any atom is -0.497 e. The van der Waals surface area contributed by atoms with Crippen LogP contribution < -0.4 is 14.8 Å². The maximum absolute atomic E-state index is 12.4. The van der Waals surface area contributed by atoms with Gasteiger partial charge < -0.3 is 14.8 Å². The Bertz CT molecular complexity index is 932. The van der Waals surface area contributed by atoms with Crippen molar-refractivity contribution in [2.75, 3.05) is 19.5 Å². The fourth-order valence-corrected chi connectivity index (χ4v) is 2.69. The van der Waals surface area contributed by atoms with E-state index in [0.717, 1.165) is 16.8 Å². The second-order valence-corrected chi connectivity index (χ2v) is 5.85. The molecule has 4 heteroatoms. The molecule has 0 atom stereocenters. The van der Waals surface area contributed by atoms with Crippen LogP contribution in [0.1, 0.15) is 10.4 Å². The van der Waals surface area contributed by atoms with Gasteiger partial charge in [-0.3, -0.25) is 4.79 Å². The molecule has 3 aromatic carbocycles. The molecular weight excluding hydrogens is 338 g/mol. The Hall–Kier alpha value is -3.53. The van der Waals surface area contributed by atoms with Gasteiger partial charge in [-0.05, 0) is 23.3 Å². The average molecular weight is 359 g/mol. The number of hydrogen-bond donors (Lipinski definition) is 1. The fraction of sp³-hybridized carbons (Fsp3) is 0.0870. The smallest absolute Gasteiger partial charge is 0.187 e. The van der Waals surface area contributed by atoms with Crippen LogP contribution in [-0.2, 0) is 0 Å². The zero-order chi connectivity index (χ0) is 19.1. The molecule has 1 N–H and O–H groups in total. The van der Waals surface area contributed by atoms with Crippen LogP contribution in [0.2, 0.25) is 0 Å². The van der Waals surface area contributed by atoms with E-state index in [4.69, 9.17) is 9.47 Å². The third-order valence-corrected chi connectivity index (χ3v) is 4.16. The van der Waals surface area contributed by atoms with Gasteiger partial charge in [0.2, 0.25) is 0 Å². The molecular formula is C23H21NO3. The second-order valence-electron chi connectivity index (χ2n) is 5.85. The molecule has 0 unspecified atom stereocenters. The molecule has 0 saturated carbocycles. The van der Waals surface area contributed by atoms with Gasteiger partial charge in [0.1, 0.15) is 11.5 Å². The van der Waals surface area contributed by atoms with Crippen LogP contribution in [-0.4, -0.2) is 20.0 Å². The summed E-state index contributed by atoms with van der Waals surface area (Å²) in [6.45, 7) is 0. The van der Waals surface area contributed by atoms with Crippen molar-refractivity contribution in [2.45, 2.75) is 0 Å². The van der Waals surface area contributed by atoms with Gasteiger partial charge in [-0.15, -0.1) is 0 Å². The lowest BCUT2D eigenvalue weighted by atomic mass is 10.0. The first-order chi connectivity index (χ1) is 13.2. The van der Waals surface area contributed by atoms with Crippen molar-refractivity contribution in [2.24, 2.45) is 0 Å². The largest absolute Gasteiger partial charge is 0.497 e. The van der Waals surface area contributed by atoms with Crippen molar-refractivity contribution in [1.82, 2.24) is 0 Å². The zero-order valence-corrected chi connectivity index (χ0v) is 15.3. The Morgan fingerprint density at radius 3 is 2.22 bits per heavy atom. The van der Waals surface area contributed by atoms with Gasteiger partial charge in [0.15, 0.2) is 5.78 Å². The van der Waals surface area contributed by atoms with Crippen LogP contribution in [0.25, 0.3) is 11.1 Å². The summed E-state index contributed by atoms with van der Waals surface area (Å²) in [5.74, 6) is 1.29. The number of benzene rings is 3. The van der Waals surface area contributed by atoms with E-state index in [0.29, 0.717) is 17.1 Å². The highest BCUT2D eigenvalue weighted by atomic mass is 16.5. The van der Waals surface area contributed by atoms with E-state index in [1.165, 1.54) is 6.08 Å². The third-order valence-electron chi connectivity index (χ3n) is 4.16. The number of carbonyl (C=O) groups is 1.